The Bertz CT molecular complexity index is 3580. The molecule has 18 nitrogen and oxygen atoms in total. The predicted molar refractivity (Wildman–Crippen MR) is 446 cm³/mol. The maximum Gasteiger partial charge on any atom is 0.161 e. The molecular weight excluding hydrogens is 1410 g/mol. The highest BCUT2D eigenvalue weighted by molar-refractivity contribution is 5.82. The lowest BCUT2D eigenvalue weighted by molar-refractivity contribution is -0.123. The SMILES string of the molecule is CCCC(=O)CCc1ccc(O)c(OCC)c1.CCCCCC(=O)CCc1ccc(O)c(OCC)c1.CCCCCCC(=O)CCc1ccc(O)c(OCC)c1.CCCCCCCC(=O)C(C)Cc1ccc(O)c(OCC)c1.CCOc1cc(CC(C)C(=O)CC)ccc1O.CCOc1cc(CCC(=O)CC)ccc1O. The van der Waals surface area contributed by atoms with E-state index in [1.54, 1.807) is 54.6 Å². The second-order valence-electron chi connectivity index (χ2n) is 27.6. The summed E-state index contributed by atoms with van der Waals surface area (Å²) in [5.74, 6) is 5.69. The molecule has 0 saturated heterocycles. The first-order valence-electron chi connectivity index (χ1n) is 41.1. The summed E-state index contributed by atoms with van der Waals surface area (Å²) >= 11 is 0. The molecular formula is C93H138O18. The molecule has 6 aromatic rings. The number of aryl methyl sites for hydroxylation is 4. The first-order chi connectivity index (χ1) is 53.3. The molecule has 0 heterocycles. The van der Waals surface area contributed by atoms with Crippen LogP contribution in [-0.4, -0.2) is 105 Å². The lowest BCUT2D eigenvalue weighted by Crippen LogP contribution is -2.13. The van der Waals surface area contributed by atoms with Crippen LogP contribution in [0.2, 0.25) is 0 Å². The Kier molecular flexibility index (Phi) is 55.5. The molecule has 0 aliphatic heterocycles. The summed E-state index contributed by atoms with van der Waals surface area (Å²) in [4.78, 5) is 69.8. The number of Topliss-reactive ketones (excluding diaryl/α,β-unsaturated/α-hetero) is 6. The van der Waals surface area contributed by atoms with Gasteiger partial charge in [0.2, 0.25) is 0 Å². The van der Waals surface area contributed by atoms with Crippen molar-refractivity contribution in [2.24, 2.45) is 11.8 Å². The minimum atomic E-state index is 0.0130. The van der Waals surface area contributed by atoms with Crippen LogP contribution in [-0.2, 0) is 67.3 Å². The van der Waals surface area contributed by atoms with Gasteiger partial charge in [0.15, 0.2) is 69.0 Å². The average Bonchev–Trinajstić information content (AvgIpc) is 0.902. The number of benzene rings is 6. The van der Waals surface area contributed by atoms with Crippen molar-refractivity contribution in [3.63, 3.8) is 0 Å². The fourth-order valence-electron chi connectivity index (χ4n) is 11.6. The number of ketones is 6. The highest BCUT2D eigenvalue weighted by atomic mass is 16.5. The van der Waals surface area contributed by atoms with E-state index in [0.717, 1.165) is 84.7 Å². The van der Waals surface area contributed by atoms with Gasteiger partial charge in [0.1, 0.15) is 34.7 Å². The third-order valence-electron chi connectivity index (χ3n) is 18.1. The highest BCUT2D eigenvalue weighted by Crippen LogP contribution is 2.33. The molecule has 2 atom stereocenters. The van der Waals surface area contributed by atoms with E-state index in [2.05, 4.69) is 20.8 Å². The molecule has 6 rings (SSSR count). The van der Waals surface area contributed by atoms with Crippen LogP contribution in [0.4, 0.5) is 0 Å². The monoisotopic (exact) mass is 1540 g/mol. The van der Waals surface area contributed by atoms with Crippen molar-refractivity contribution >= 4 is 34.7 Å². The summed E-state index contributed by atoms with van der Waals surface area (Å²) in [6.07, 6.45) is 24.9. The first-order valence-corrected chi connectivity index (χ1v) is 41.1. The zero-order valence-corrected chi connectivity index (χ0v) is 69.9. The quantitative estimate of drug-likeness (QED) is 0.0194. The van der Waals surface area contributed by atoms with Crippen LogP contribution in [0.1, 0.15) is 278 Å². The fraction of sp³-hybridized carbons (Fsp3) is 0.548. The van der Waals surface area contributed by atoms with Crippen molar-refractivity contribution in [2.75, 3.05) is 39.6 Å². The van der Waals surface area contributed by atoms with Crippen molar-refractivity contribution in [3.8, 4) is 69.0 Å². The third-order valence-corrected chi connectivity index (χ3v) is 18.1. The van der Waals surface area contributed by atoms with E-state index < -0.39 is 0 Å². The van der Waals surface area contributed by atoms with E-state index in [4.69, 9.17) is 28.4 Å². The van der Waals surface area contributed by atoms with Crippen LogP contribution in [0, 0.1) is 11.8 Å². The molecule has 0 amide bonds. The van der Waals surface area contributed by atoms with Gasteiger partial charge in [0, 0.05) is 76.0 Å². The zero-order valence-electron chi connectivity index (χ0n) is 69.9. The Hall–Kier alpha value is -9.06. The largest absolute Gasteiger partial charge is 0.504 e. The molecule has 0 saturated carbocycles. The number of phenols is 6. The van der Waals surface area contributed by atoms with Crippen molar-refractivity contribution in [1.29, 1.82) is 0 Å². The summed E-state index contributed by atoms with van der Waals surface area (Å²) in [5, 5.41) is 57.5. The van der Waals surface area contributed by atoms with Crippen LogP contribution in [0.3, 0.4) is 0 Å². The minimum Gasteiger partial charge on any atom is -0.504 e. The van der Waals surface area contributed by atoms with E-state index >= 15 is 0 Å². The van der Waals surface area contributed by atoms with Crippen molar-refractivity contribution in [2.45, 2.75) is 283 Å². The summed E-state index contributed by atoms with van der Waals surface area (Å²) in [6.45, 7) is 30.5. The van der Waals surface area contributed by atoms with E-state index in [0.29, 0.717) is 200 Å². The second-order valence-corrected chi connectivity index (χ2v) is 27.6. The van der Waals surface area contributed by atoms with Crippen molar-refractivity contribution in [1.82, 2.24) is 0 Å². The Morgan fingerprint density at radius 2 is 0.505 bits per heavy atom. The van der Waals surface area contributed by atoms with Crippen LogP contribution in [0.5, 0.6) is 69.0 Å². The minimum absolute atomic E-state index is 0.0130. The van der Waals surface area contributed by atoms with Crippen LogP contribution in [0.15, 0.2) is 109 Å². The zero-order chi connectivity index (χ0) is 82.7. The number of carbonyl (C=O) groups is 6. The lowest BCUT2D eigenvalue weighted by atomic mass is 9.93. The molecule has 0 radical (unpaired) electrons. The highest BCUT2D eigenvalue weighted by Gasteiger charge is 2.17. The fourth-order valence-corrected chi connectivity index (χ4v) is 11.6. The van der Waals surface area contributed by atoms with Gasteiger partial charge in [0.05, 0.1) is 39.6 Å². The Morgan fingerprint density at radius 3 is 0.793 bits per heavy atom. The molecule has 0 aliphatic rings. The van der Waals surface area contributed by atoms with Gasteiger partial charge in [-0.25, -0.2) is 0 Å². The smallest absolute Gasteiger partial charge is 0.161 e. The summed E-state index contributed by atoms with van der Waals surface area (Å²) in [6, 6.07) is 31.7. The number of hydrogen-bond acceptors (Lipinski definition) is 18. The van der Waals surface area contributed by atoms with Crippen LogP contribution < -0.4 is 28.4 Å². The second kappa shape index (κ2) is 61.6. The number of phenolic OH excluding ortho intramolecular Hbond substituents is 6. The summed E-state index contributed by atoms with van der Waals surface area (Å²) in [5.41, 5.74) is 6.16. The van der Waals surface area contributed by atoms with Gasteiger partial charge in [-0.05, 0) is 212 Å². The molecule has 0 aliphatic carbocycles. The van der Waals surface area contributed by atoms with Gasteiger partial charge in [0.25, 0.3) is 0 Å². The first kappa shape index (κ1) is 99.9. The molecule has 0 bridgehead atoms. The van der Waals surface area contributed by atoms with Crippen LogP contribution >= 0.6 is 0 Å². The normalized spacial score (nSPS) is 11.0. The maximum absolute atomic E-state index is 12.2. The molecule has 2 unspecified atom stereocenters. The van der Waals surface area contributed by atoms with Gasteiger partial charge in [-0.15, -0.1) is 0 Å². The molecule has 0 spiro atoms. The van der Waals surface area contributed by atoms with Crippen molar-refractivity contribution < 1.29 is 87.8 Å². The average molecular weight is 1540 g/mol. The van der Waals surface area contributed by atoms with Crippen molar-refractivity contribution in [3.05, 3.63) is 143 Å². The summed E-state index contributed by atoms with van der Waals surface area (Å²) in [7, 11) is 0. The Balaban J connectivity index is 0.000000668. The molecule has 0 aromatic heterocycles. The van der Waals surface area contributed by atoms with Gasteiger partial charge in [-0.1, -0.05) is 150 Å². The van der Waals surface area contributed by atoms with Crippen LogP contribution in [0.25, 0.3) is 0 Å². The lowest BCUT2D eigenvalue weighted by Gasteiger charge is -2.12. The van der Waals surface area contributed by atoms with Gasteiger partial charge in [-0.2, -0.15) is 0 Å². The number of unbranched alkanes of at least 4 members (excludes halogenated alkanes) is 9. The number of hydrogen-bond donors (Lipinski definition) is 6. The third kappa shape index (κ3) is 45.1. The van der Waals surface area contributed by atoms with Gasteiger partial charge >= 0.3 is 0 Å². The topological polar surface area (TPSA) is 279 Å². The Labute approximate surface area is 665 Å². The van der Waals surface area contributed by atoms with E-state index in [9.17, 15) is 59.4 Å². The van der Waals surface area contributed by atoms with E-state index in [1.165, 1.54) is 32.1 Å². The molecule has 618 valence electrons. The summed E-state index contributed by atoms with van der Waals surface area (Å²) < 4.78 is 31.9. The number of rotatable bonds is 49. The number of ether oxygens (including phenoxy) is 6. The maximum atomic E-state index is 12.2. The predicted octanol–water partition coefficient (Wildman–Crippen LogP) is 21.8. The molecule has 111 heavy (non-hydrogen) atoms. The molecule has 0 fully saturated rings. The standard InChI is InChI=1S/C19H30O3.C17H26O3.C16H24O3.2C14H20O3.C13H18O3/c1-4-6-7-8-9-10-17(20)15(3)13-16-11-12-18(21)19(14-16)22-5-2;1-3-5-6-7-8-15(18)11-9-14-10-12-16(19)17(13-14)20-4-2;1-3-5-6-7-14(17)10-8-13-9-11-15(18)16(12-13)19-4-2;1-4-12(15)10(3)8-11-6-7-13(16)14(9-11)17-5-2;1-3-5-12(15)8-6-11-7-9-13(16)14(10-11)17-4-2;1-3-11(14)7-5-10-6-8-12(15)13(9-10)16-4-2/h11-12,14-15,21H,4-10,13H2,1-3H3;10,12-13,19H,3-9,11H2,1-2H3;9,11-12,18H,3-8,10H2,1-2H3;6-7,9-10,16H,4-5,8H2,1-3H3;7,9-10,16H,3-6,8H2,1-2H3;6,8-9,15H,3-5,7H2,1-2H3. The van der Waals surface area contributed by atoms with E-state index in [1.807, 2.05) is 131 Å². The molecule has 6 aromatic carbocycles. The number of aromatic hydroxyl groups is 6. The molecule has 6 N–H and O–H groups in total. The van der Waals surface area contributed by atoms with Gasteiger partial charge in [-0.3, -0.25) is 28.8 Å². The van der Waals surface area contributed by atoms with Gasteiger partial charge < -0.3 is 59.1 Å². The van der Waals surface area contributed by atoms with E-state index in [-0.39, 0.29) is 57.9 Å². The Morgan fingerprint density at radius 1 is 0.261 bits per heavy atom. The molecule has 18 heteroatoms. The number of carbonyl (C=O) groups excluding carboxylic acids is 6.